The van der Waals surface area contributed by atoms with Gasteiger partial charge in [0.25, 0.3) is 0 Å². The Balaban J connectivity index is 2.43. The normalized spacial score (nSPS) is 23.4. The Morgan fingerprint density at radius 3 is 2.74 bits per heavy atom. The molecule has 2 atom stereocenters. The van der Waals surface area contributed by atoms with E-state index in [1.165, 1.54) is 0 Å². The van der Waals surface area contributed by atoms with Crippen molar-refractivity contribution in [3.8, 4) is 0 Å². The first-order valence-corrected chi connectivity index (χ1v) is 9.04. The molecule has 1 saturated heterocycles. The molecule has 114 valence electrons. The van der Waals surface area contributed by atoms with Crippen molar-refractivity contribution in [3.63, 3.8) is 0 Å². The molecule has 1 rings (SSSR count). The van der Waals surface area contributed by atoms with Gasteiger partial charge in [0, 0.05) is 24.9 Å². The monoisotopic (exact) mass is 292 g/mol. The second-order valence-electron chi connectivity index (χ2n) is 5.21. The van der Waals surface area contributed by atoms with Crippen LogP contribution in [0.5, 0.6) is 0 Å². The highest BCUT2D eigenvalue weighted by molar-refractivity contribution is 7.91. The minimum Gasteiger partial charge on any atom is -0.374 e. The van der Waals surface area contributed by atoms with Crippen LogP contribution in [0.3, 0.4) is 0 Å². The molecule has 5 nitrogen and oxygen atoms in total. The molecule has 2 unspecified atom stereocenters. The number of morpholine rings is 1. The fourth-order valence-electron chi connectivity index (χ4n) is 2.40. The quantitative estimate of drug-likeness (QED) is 0.706. The van der Waals surface area contributed by atoms with E-state index in [1.807, 2.05) is 0 Å². The number of hydrogen-bond acceptors (Lipinski definition) is 5. The Morgan fingerprint density at radius 1 is 1.42 bits per heavy atom. The topological polar surface area (TPSA) is 58.6 Å². The number of likely N-dealkylation sites (N-methyl/N-ethyl adjacent to an activating group) is 2. The Kier molecular flexibility index (Phi) is 7.28. The zero-order chi connectivity index (χ0) is 14.3. The molecule has 0 spiro atoms. The summed E-state index contributed by atoms with van der Waals surface area (Å²) in [6.07, 6.45) is 1.73. The Hall–Kier alpha value is -0.170. The Morgan fingerprint density at radius 2 is 2.16 bits per heavy atom. The third-order valence-electron chi connectivity index (χ3n) is 3.62. The molecule has 6 heteroatoms. The van der Waals surface area contributed by atoms with Gasteiger partial charge in [0.2, 0.25) is 0 Å². The predicted octanol–water partition coefficient (Wildman–Crippen LogP) is 0.510. The SMILES string of the molecule is CCNC(CCCS(=O)(=O)CC)C1CN(C)CCO1. The summed E-state index contributed by atoms with van der Waals surface area (Å²) in [4.78, 5) is 2.27. The molecule has 1 aliphatic heterocycles. The summed E-state index contributed by atoms with van der Waals surface area (Å²) in [5.74, 6) is 0.523. The van der Waals surface area contributed by atoms with Crippen LogP contribution in [0.1, 0.15) is 26.7 Å². The molecule has 1 aliphatic rings. The number of nitrogens with one attached hydrogen (secondary N) is 1. The summed E-state index contributed by atoms with van der Waals surface area (Å²) in [5.41, 5.74) is 0. The zero-order valence-corrected chi connectivity index (χ0v) is 13.2. The lowest BCUT2D eigenvalue weighted by Gasteiger charge is -2.35. The van der Waals surface area contributed by atoms with Crippen molar-refractivity contribution >= 4 is 9.84 Å². The van der Waals surface area contributed by atoms with Gasteiger partial charge in [0.05, 0.1) is 18.5 Å². The first-order chi connectivity index (χ1) is 8.98. The van der Waals surface area contributed by atoms with Crippen molar-refractivity contribution in [2.24, 2.45) is 0 Å². The Labute approximate surface area is 117 Å². The number of ether oxygens (including phenoxy) is 1. The molecular weight excluding hydrogens is 264 g/mol. The van der Waals surface area contributed by atoms with Crippen molar-refractivity contribution in [1.82, 2.24) is 10.2 Å². The van der Waals surface area contributed by atoms with Gasteiger partial charge in [-0.1, -0.05) is 13.8 Å². The van der Waals surface area contributed by atoms with Gasteiger partial charge < -0.3 is 15.0 Å². The molecule has 0 aliphatic carbocycles. The molecular formula is C13H28N2O3S. The zero-order valence-electron chi connectivity index (χ0n) is 12.4. The first kappa shape index (κ1) is 16.9. The summed E-state index contributed by atoms with van der Waals surface area (Å²) in [5, 5.41) is 3.43. The highest BCUT2D eigenvalue weighted by Gasteiger charge is 2.26. The molecule has 0 radical (unpaired) electrons. The van der Waals surface area contributed by atoms with Gasteiger partial charge in [-0.2, -0.15) is 0 Å². The van der Waals surface area contributed by atoms with Crippen LogP contribution in [0.15, 0.2) is 0 Å². The lowest BCUT2D eigenvalue weighted by molar-refractivity contribution is -0.0396. The minimum absolute atomic E-state index is 0.169. The third kappa shape index (κ3) is 6.21. The molecule has 19 heavy (non-hydrogen) atoms. The smallest absolute Gasteiger partial charge is 0.150 e. The number of hydrogen-bond donors (Lipinski definition) is 1. The molecule has 1 N–H and O–H groups in total. The number of nitrogens with zero attached hydrogens (tertiary/aromatic N) is 1. The van der Waals surface area contributed by atoms with Crippen LogP contribution in [-0.4, -0.2) is 70.3 Å². The fraction of sp³-hybridized carbons (Fsp3) is 1.00. The van der Waals surface area contributed by atoms with E-state index in [0.717, 1.165) is 32.7 Å². The average Bonchev–Trinajstić information content (AvgIpc) is 2.37. The van der Waals surface area contributed by atoms with E-state index in [0.29, 0.717) is 6.42 Å². The minimum atomic E-state index is -2.85. The standard InChI is InChI=1S/C13H28N2O3S/c1-4-14-12(7-6-10-19(16,17)5-2)13-11-15(3)8-9-18-13/h12-14H,4-11H2,1-3H3. The van der Waals surface area contributed by atoms with Gasteiger partial charge in [-0.15, -0.1) is 0 Å². The van der Waals surface area contributed by atoms with E-state index in [-0.39, 0.29) is 23.7 Å². The maximum atomic E-state index is 11.5. The molecule has 0 aromatic heterocycles. The van der Waals surface area contributed by atoms with E-state index < -0.39 is 9.84 Å². The van der Waals surface area contributed by atoms with Gasteiger partial charge in [0.15, 0.2) is 0 Å². The highest BCUT2D eigenvalue weighted by atomic mass is 32.2. The van der Waals surface area contributed by atoms with Crippen molar-refractivity contribution in [1.29, 1.82) is 0 Å². The van der Waals surface area contributed by atoms with Crippen LogP contribution in [0.25, 0.3) is 0 Å². The lowest BCUT2D eigenvalue weighted by atomic mass is 10.0. The molecule has 0 bridgehead atoms. The summed E-state index contributed by atoms with van der Waals surface area (Å²) >= 11 is 0. The van der Waals surface area contributed by atoms with Gasteiger partial charge in [-0.05, 0) is 26.4 Å². The third-order valence-corrected chi connectivity index (χ3v) is 5.41. The van der Waals surface area contributed by atoms with Crippen molar-refractivity contribution in [2.75, 3.05) is 44.8 Å². The van der Waals surface area contributed by atoms with Crippen molar-refractivity contribution in [3.05, 3.63) is 0 Å². The second-order valence-corrected chi connectivity index (χ2v) is 7.69. The van der Waals surface area contributed by atoms with Gasteiger partial charge in [0.1, 0.15) is 9.84 Å². The lowest BCUT2D eigenvalue weighted by Crippen LogP contribution is -2.51. The van der Waals surface area contributed by atoms with Crippen LogP contribution < -0.4 is 5.32 Å². The molecule has 0 aromatic rings. The number of sulfone groups is 1. The van der Waals surface area contributed by atoms with Gasteiger partial charge in [-0.3, -0.25) is 0 Å². The highest BCUT2D eigenvalue weighted by Crippen LogP contribution is 2.13. The summed E-state index contributed by atoms with van der Waals surface area (Å²) in [6.45, 7) is 7.31. The molecule has 0 aromatic carbocycles. The van der Waals surface area contributed by atoms with Crippen LogP contribution in [0.4, 0.5) is 0 Å². The second kappa shape index (κ2) is 8.19. The molecule has 0 saturated carbocycles. The predicted molar refractivity (Wildman–Crippen MR) is 78.3 cm³/mol. The van der Waals surface area contributed by atoms with Gasteiger partial charge >= 0.3 is 0 Å². The van der Waals surface area contributed by atoms with Crippen LogP contribution in [-0.2, 0) is 14.6 Å². The Bertz CT molecular complexity index is 346. The van der Waals surface area contributed by atoms with E-state index >= 15 is 0 Å². The summed E-state index contributed by atoms with van der Waals surface area (Å²) in [7, 11) is -0.753. The maximum absolute atomic E-state index is 11.5. The molecule has 0 amide bonds. The van der Waals surface area contributed by atoms with E-state index in [2.05, 4.69) is 24.2 Å². The van der Waals surface area contributed by atoms with E-state index in [4.69, 9.17) is 4.74 Å². The van der Waals surface area contributed by atoms with Crippen molar-refractivity contribution in [2.45, 2.75) is 38.8 Å². The maximum Gasteiger partial charge on any atom is 0.150 e. The fourth-order valence-corrected chi connectivity index (χ4v) is 3.30. The van der Waals surface area contributed by atoms with Crippen molar-refractivity contribution < 1.29 is 13.2 Å². The number of rotatable bonds is 8. The molecule has 1 fully saturated rings. The van der Waals surface area contributed by atoms with E-state index in [1.54, 1.807) is 6.92 Å². The van der Waals surface area contributed by atoms with Crippen LogP contribution in [0.2, 0.25) is 0 Å². The first-order valence-electron chi connectivity index (χ1n) is 7.22. The van der Waals surface area contributed by atoms with Crippen LogP contribution in [0, 0.1) is 0 Å². The van der Waals surface area contributed by atoms with E-state index in [9.17, 15) is 8.42 Å². The largest absolute Gasteiger partial charge is 0.374 e. The summed E-state index contributed by atoms with van der Waals surface area (Å²) < 4.78 is 28.8. The summed E-state index contributed by atoms with van der Waals surface area (Å²) in [6, 6.07) is 0.250. The average molecular weight is 292 g/mol. The van der Waals surface area contributed by atoms with Crippen LogP contribution >= 0.6 is 0 Å². The van der Waals surface area contributed by atoms with Gasteiger partial charge in [-0.25, -0.2) is 8.42 Å². The molecule has 1 heterocycles.